The van der Waals surface area contributed by atoms with E-state index in [0.717, 1.165) is 19.4 Å². The quantitative estimate of drug-likeness (QED) is 0.931. The van der Waals surface area contributed by atoms with Crippen molar-refractivity contribution < 1.29 is 9.90 Å². The van der Waals surface area contributed by atoms with Crippen LogP contribution in [0.3, 0.4) is 0 Å². The number of carboxylic acids is 1. The molecule has 22 heavy (non-hydrogen) atoms. The monoisotopic (exact) mass is 317 g/mol. The van der Waals surface area contributed by atoms with Crippen LogP contribution in [0.4, 0.5) is 0 Å². The number of likely N-dealkylation sites (tertiary alicyclic amines) is 1. The fourth-order valence-electron chi connectivity index (χ4n) is 2.96. The smallest absolute Gasteiger partial charge is 0.320 e. The third kappa shape index (κ3) is 3.67. The normalized spacial score (nSPS) is 17.9. The fourth-order valence-corrected chi connectivity index (χ4v) is 2.96. The molecule has 3 rings (SSSR count). The standard InChI is InChI=1S/C18H19NO2.ClH/c20-18(21)17-7-4-12-19(17)13-14-8-10-16(11-9-14)15-5-2-1-3-6-15;/h1-3,5-6,8-11,17H,4,7,12-13H2,(H,20,21);1H/t17-;/m1./s1. The number of hydrogen-bond donors (Lipinski definition) is 1. The Morgan fingerprint density at radius 3 is 2.32 bits per heavy atom. The number of benzene rings is 2. The minimum Gasteiger partial charge on any atom is -0.480 e. The van der Waals surface area contributed by atoms with Gasteiger partial charge in [-0.2, -0.15) is 0 Å². The summed E-state index contributed by atoms with van der Waals surface area (Å²) in [7, 11) is 0. The van der Waals surface area contributed by atoms with E-state index in [1.54, 1.807) is 0 Å². The SMILES string of the molecule is Cl.O=C(O)[C@H]1CCCN1Cc1ccc(-c2ccccc2)cc1. The Kier molecular flexibility index (Phi) is 5.58. The van der Waals surface area contributed by atoms with Crippen LogP contribution in [0.2, 0.25) is 0 Å². The van der Waals surface area contributed by atoms with Gasteiger partial charge < -0.3 is 5.11 Å². The summed E-state index contributed by atoms with van der Waals surface area (Å²) < 4.78 is 0. The van der Waals surface area contributed by atoms with Crippen LogP contribution in [0.5, 0.6) is 0 Å². The molecule has 1 heterocycles. The highest BCUT2D eigenvalue weighted by Crippen LogP contribution is 2.23. The molecule has 0 aliphatic carbocycles. The minimum atomic E-state index is -0.701. The van der Waals surface area contributed by atoms with Gasteiger partial charge in [0, 0.05) is 6.54 Å². The zero-order valence-electron chi connectivity index (χ0n) is 12.3. The molecule has 2 aromatic rings. The molecule has 116 valence electrons. The summed E-state index contributed by atoms with van der Waals surface area (Å²) in [5, 5.41) is 9.21. The van der Waals surface area contributed by atoms with E-state index < -0.39 is 5.97 Å². The van der Waals surface area contributed by atoms with Crippen molar-refractivity contribution in [3.05, 3.63) is 60.2 Å². The van der Waals surface area contributed by atoms with Gasteiger partial charge in [-0.1, -0.05) is 54.6 Å². The molecule has 3 nitrogen and oxygen atoms in total. The summed E-state index contributed by atoms with van der Waals surface area (Å²) in [6.07, 6.45) is 1.73. The minimum absolute atomic E-state index is 0. The van der Waals surface area contributed by atoms with Crippen molar-refractivity contribution in [2.45, 2.75) is 25.4 Å². The van der Waals surface area contributed by atoms with Crippen molar-refractivity contribution in [1.82, 2.24) is 4.90 Å². The molecule has 2 aromatic carbocycles. The molecule has 0 bridgehead atoms. The average Bonchev–Trinajstić information content (AvgIpc) is 2.97. The Morgan fingerprint density at radius 2 is 1.68 bits per heavy atom. The van der Waals surface area contributed by atoms with Gasteiger partial charge in [0.25, 0.3) is 0 Å². The summed E-state index contributed by atoms with van der Waals surface area (Å²) in [5.41, 5.74) is 3.56. The van der Waals surface area contributed by atoms with Crippen LogP contribution >= 0.6 is 12.4 Å². The maximum absolute atomic E-state index is 11.2. The molecule has 0 radical (unpaired) electrons. The summed E-state index contributed by atoms with van der Waals surface area (Å²) >= 11 is 0. The highest BCUT2D eigenvalue weighted by atomic mass is 35.5. The Balaban J connectivity index is 0.00000176. The van der Waals surface area contributed by atoms with Crippen LogP contribution in [0.15, 0.2) is 54.6 Å². The molecule has 1 atom stereocenters. The number of nitrogens with zero attached hydrogens (tertiary/aromatic N) is 1. The van der Waals surface area contributed by atoms with E-state index in [0.29, 0.717) is 6.54 Å². The third-order valence-corrected chi connectivity index (χ3v) is 4.10. The third-order valence-electron chi connectivity index (χ3n) is 4.10. The molecular formula is C18H20ClNO2. The lowest BCUT2D eigenvalue weighted by molar-refractivity contribution is -0.142. The average molecular weight is 318 g/mol. The number of rotatable bonds is 4. The number of carboxylic acid groups (broad SMARTS) is 1. The van der Waals surface area contributed by atoms with E-state index in [2.05, 4.69) is 41.3 Å². The zero-order chi connectivity index (χ0) is 14.7. The van der Waals surface area contributed by atoms with Crippen molar-refractivity contribution in [1.29, 1.82) is 0 Å². The maximum atomic E-state index is 11.2. The summed E-state index contributed by atoms with van der Waals surface area (Å²) in [6, 6.07) is 18.4. The number of carbonyl (C=O) groups is 1. The largest absolute Gasteiger partial charge is 0.480 e. The number of aliphatic carboxylic acids is 1. The molecule has 0 saturated carbocycles. The van der Waals surface area contributed by atoms with E-state index in [4.69, 9.17) is 0 Å². The summed E-state index contributed by atoms with van der Waals surface area (Å²) in [5.74, 6) is -0.701. The lowest BCUT2D eigenvalue weighted by atomic mass is 10.0. The van der Waals surface area contributed by atoms with Gasteiger partial charge in [0.15, 0.2) is 0 Å². The van der Waals surface area contributed by atoms with Gasteiger partial charge in [-0.3, -0.25) is 9.69 Å². The predicted molar refractivity (Wildman–Crippen MR) is 90.2 cm³/mol. The van der Waals surface area contributed by atoms with Gasteiger partial charge in [0.1, 0.15) is 6.04 Å². The maximum Gasteiger partial charge on any atom is 0.320 e. The van der Waals surface area contributed by atoms with E-state index in [1.807, 2.05) is 18.2 Å². The Labute approximate surface area is 137 Å². The van der Waals surface area contributed by atoms with Crippen LogP contribution in [-0.2, 0) is 11.3 Å². The van der Waals surface area contributed by atoms with Crippen molar-refractivity contribution in [3.8, 4) is 11.1 Å². The molecule has 0 aromatic heterocycles. The van der Waals surface area contributed by atoms with Crippen LogP contribution in [-0.4, -0.2) is 28.6 Å². The van der Waals surface area contributed by atoms with Crippen LogP contribution in [0.1, 0.15) is 18.4 Å². The number of halogens is 1. The highest BCUT2D eigenvalue weighted by Gasteiger charge is 2.30. The van der Waals surface area contributed by atoms with Crippen LogP contribution < -0.4 is 0 Å². The highest BCUT2D eigenvalue weighted by molar-refractivity contribution is 5.85. The van der Waals surface area contributed by atoms with Gasteiger partial charge in [-0.25, -0.2) is 0 Å². The van der Waals surface area contributed by atoms with Crippen LogP contribution in [0, 0.1) is 0 Å². The van der Waals surface area contributed by atoms with E-state index in [9.17, 15) is 9.90 Å². The molecule has 0 unspecified atom stereocenters. The first kappa shape index (κ1) is 16.5. The predicted octanol–water partition coefficient (Wildman–Crippen LogP) is 3.82. The van der Waals surface area contributed by atoms with Crippen LogP contribution in [0.25, 0.3) is 11.1 Å². The second kappa shape index (κ2) is 7.43. The molecule has 0 spiro atoms. The second-order valence-electron chi connectivity index (χ2n) is 5.53. The molecule has 1 saturated heterocycles. The molecule has 1 aliphatic rings. The van der Waals surface area contributed by atoms with Gasteiger partial charge in [0.05, 0.1) is 0 Å². The Morgan fingerprint density at radius 1 is 1.05 bits per heavy atom. The molecule has 1 fully saturated rings. The molecule has 4 heteroatoms. The van der Waals surface area contributed by atoms with Gasteiger partial charge >= 0.3 is 5.97 Å². The van der Waals surface area contributed by atoms with Crippen molar-refractivity contribution in [2.24, 2.45) is 0 Å². The van der Waals surface area contributed by atoms with E-state index >= 15 is 0 Å². The van der Waals surface area contributed by atoms with Crippen molar-refractivity contribution >= 4 is 18.4 Å². The van der Waals surface area contributed by atoms with Gasteiger partial charge in [0.2, 0.25) is 0 Å². The zero-order valence-corrected chi connectivity index (χ0v) is 13.1. The first-order valence-electron chi connectivity index (χ1n) is 7.35. The van der Waals surface area contributed by atoms with Crippen molar-refractivity contribution in [3.63, 3.8) is 0 Å². The fraction of sp³-hybridized carbons (Fsp3) is 0.278. The first-order chi connectivity index (χ1) is 10.2. The molecular weight excluding hydrogens is 298 g/mol. The van der Waals surface area contributed by atoms with Crippen molar-refractivity contribution in [2.75, 3.05) is 6.54 Å². The first-order valence-corrected chi connectivity index (χ1v) is 7.35. The van der Waals surface area contributed by atoms with E-state index in [-0.39, 0.29) is 18.4 Å². The lowest BCUT2D eigenvalue weighted by Gasteiger charge is -2.21. The molecule has 1 N–H and O–H groups in total. The molecule has 0 amide bonds. The summed E-state index contributed by atoms with van der Waals surface area (Å²) in [4.78, 5) is 13.3. The Hall–Kier alpha value is -1.84. The van der Waals surface area contributed by atoms with Gasteiger partial charge in [-0.05, 0) is 36.1 Å². The topological polar surface area (TPSA) is 40.5 Å². The van der Waals surface area contributed by atoms with E-state index in [1.165, 1.54) is 16.7 Å². The lowest BCUT2D eigenvalue weighted by Crippen LogP contribution is -2.35. The second-order valence-corrected chi connectivity index (χ2v) is 5.53. The molecule has 1 aliphatic heterocycles. The van der Waals surface area contributed by atoms with Gasteiger partial charge in [-0.15, -0.1) is 12.4 Å². The number of hydrogen-bond acceptors (Lipinski definition) is 2. The Bertz CT molecular complexity index is 613. The summed E-state index contributed by atoms with van der Waals surface area (Å²) in [6.45, 7) is 1.59.